The van der Waals surface area contributed by atoms with Crippen LogP contribution >= 0.6 is 11.3 Å². The monoisotopic (exact) mass is 396 g/mol. The molecule has 2 unspecified atom stereocenters. The number of nitrogens with zero attached hydrogens (tertiary/aromatic N) is 3. The van der Waals surface area contributed by atoms with Crippen molar-refractivity contribution in [2.75, 3.05) is 18.0 Å². The summed E-state index contributed by atoms with van der Waals surface area (Å²) in [5, 5.41) is 15.3. The molecule has 0 aliphatic carbocycles. The number of amides is 1. The summed E-state index contributed by atoms with van der Waals surface area (Å²) in [6.07, 6.45) is 3.12. The minimum absolute atomic E-state index is 0.0557. The van der Waals surface area contributed by atoms with Gasteiger partial charge in [0.05, 0.1) is 11.3 Å². The van der Waals surface area contributed by atoms with E-state index in [9.17, 15) is 14.7 Å². The van der Waals surface area contributed by atoms with Crippen molar-refractivity contribution in [1.29, 1.82) is 0 Å². The predicted molar refractivity (Wildman–Crippen MR) is 108 cm³/mol. The first-order valence-corrected chi connectivity index (χ1v) is 10.0. The number of nitrogens with one attached hydrogen (secondary N) is 1. The molecule has 8 heteroatoms. The van der Waals surface area contributed by atoms with Crippen molar-refractivity contribution in [1.82, 2.24) is 15.3 Å². The number of aliphatic carboxylic acids is 1. The first kappa shape index (κ1) is 18.4. The number of rotatable bonds is 6. The maximum absolute atomic E-state index is 12.9. The Morgan fingerprint density at radius 3 is 2.86 bits per heavy atom. The van der Waals surface area contributed by atoms with Crippen LogP contribution < -0.4 is 10.2 Å². The smallest absolute Gasteiger partial charge is 0.312 e. The second-order valence-electron chi connectivity index (χ2n) is 6.73. The third-order valence-corrected chi connectivity index (χ3v) is 5.87. The topological polar surface area (TPSA) is 95.4 Å². The molecule has 4 rings (SSSR count). The van der Waals surface area contributed by atoms with Gasteiger partial charge in [0.1, 0.15) is 23.0 Å². The number of aromatic nitrogens is 2. The van der Waals surface area contributed by atoms with Gasteiger partial charge in [0.25, 0.3) is 0 Å². The number of anilines is 1. The molecule has 3 aromatic rings. The number of carbonyl (C=O) groups excluding carboxylic acids is 1. The van der Waals surface area contributed by atoms with Gasteiger partial charge < -0.3 is 15.3 Å². The van der Waals surface area contributed by atoms with E-state index in [0.717, 1.165) is 29.0 Å². The fraction of sp³-hybridized carbons (Fsp3) is 0.300. The Kier molecular flexibility index (Phi) is 5.21. The lowest BCUT2D eigenvalue weighted by molar-refractivity contribution is -0.138. The van der Waals surface area contributed by atoms with Gasteiger partial charge >= 0.3 is 5.97 Å². The molecule has 2 aromatic heterocycles. The van der Waals surface area contributed by atoms with Gasteiger partial charge in [-0.2, -0.15) is 0 Å². The molecule has 1 fully saturated rings. The van der Waals surface area contributed by atoms with Gasteiger partial charge in [-0.25, -0.2) is 9.97 Å². The van der Waals surface area contributed by atoms with Gasteiger partial charge in [-0.3, -0.25) is 9.59 Å². The lowest BCUT2D eigenvalue weighted by atomic mass is 9.99. The normalized spacial score (nSPS) is 17.6. The van der Waals surface area contributed by atoms with Gasteiger partial charge in [0.15, 0.2) is 0 Å². The van der Waals surface area contributed by atoms with Gasteiger partial charge in [-0.15, -0.1) is 11.3 Å². The number of carbonyl (C=O) groups is 2. The van der Waals surface area contributed by atoms with E-state index in [2.05, 4.69) is 15.3 Å². The van der Waals surface area contributed by atoms with E-state index < -0.39 is 11.9 Å². The van der Waals surface area contributed by atoms with Gasteiger partial charge in [0, 0.05) is 13.1 Å². The molecule has 1 aliphatic rings. The first-order chi connectivity index (χ1) is 13.6. The molecule has 2 atom stereocenters. The van der Waals surface area contributed by atoms with Crippen molar-refractivity contribution in [2.24, 2.45) is 0 Å². The fourth-order valence-electron chi connectivity index (χ4n) is 3.65. The third kappa shape index (κ3) is 3.55. The summed E-state index contributed by atoms with van der Waals surface area (Å²) in [5.41, 5.74) is 0.675. The Labute approximate surface area is 166 Å². The van der Waals surface area contributed by atoms with Crippen molar-refractivity contribution in [3.8, 4) is 0 Å². The predicted octanol–water partition coefficient (Wildman–Crippen LogP) is 2.64. The first-order valence-electron chi connectivity index (χ1n) is 9.15. The van der Waals surface area contributed by atoms with Crippen LogP contribution in [0.5, 0.6) is 0 Å². The van der Waals surface area contributed by atoms with Crippen LogP contribution in [-0.2, 0) is 9.59 Å². The standard InChI is InChI=1S/C20H20N4O3S/c25-18(21-11-15(20(26)27)13-5-2-1-3-6-13)16-7-4-9-24(16)17-14-8-10-28-19(14)23-12-22-17/h1-3,5-6,8,10,12,15-16H,4,7,9,11H2,(H,21,25)(H,26,27). The van der Waals surface area contributed by atoms with E-state index in [1.807, 2.05) is 22.4 Å². The molecule has 144 valence electrons. The van der Waals surface area contributed by atoms with Crippen LogP contribution in [0.4, 0.5) is 5.82 Å². The highest BCUT2D eigenvalue weighted by molar-refractivity contribution is 7.16. The number of carboxylic acids is 1. The number of carboxylic acid groups (broad SMARTS) is 1. The molecule has 7 nitrogen and oxygen atoms in total. The Morgan fingerprint density at radius 2 is 2.07 bits per heavy atom. The van der Waals surface area contributed by atoms with Crippen molar-refractivity contribution in [3.63, 3.8) is 0 Å². The molecular weight excluding hydrogens is 376 g/mol. The number of thiophene rings is 1. The van der Waals surface area contributed by atoms with Crippen LogP contribution in [0.15, 0.2) is 48.1 Å². The minimum atomic E-state index is -0.953. The largest absolute Gasteiger partial charge is 0.481 e. The fourth-order valence-corrected chi connectivity index (χ4v) is 4.38. The maximum Gasteiger partial charge on any atom is 0.312 e. The van der Waals surface area contributed by atoms with E-state index in [0.29, 0.717) is 12.0 Å². The molecule has 1 amide bonds. The molecule has 2 N–H and O–H groups in total. The van der Waals surface area contributed by atoms with Gasteiger partial charge in [-0.1, -0.05) is 30.3 Å². The van der Waals surface area contributed by atoms with E-state index in [1.54, 1.807) is 35.6 Å². The second-order valence-corrected chi connectivity index (χ2v) is 7.63. The SMILES string of the molecule is O=C(O)C(CNC(=O)C1CCCN1c1ncnc2sccc12)c1ccccc1. The van der Waals surface area contributed by atoms with Crippen LogP contribution in [0.3, 0.4) is 0 Å². The molecular formula is C20H20N4O3S. The zero-order chi connectivity index (χ0) is 19.5. The van der Waals surface area contributed by atoms with Crippen LogP contribution in [0.2, 0.25) is 0 Å². The average molecular weight is 396 g/mol. The minimum Gasteiger partial charge on any atom is -0.481 e. The summed E-state index contributed by atoms with van der Waals surface area (Å²) in [7, 11) is 0. The Bertz CT molecular complexity index is 991. The Hall–Kier alpha value is -3.00. The summed E-state index contributed by atoms with van der Waals surface area (Å²) in [6.45, 7) is 0.793. The molecule has 1 saturated heterocycles. The zero-order valence-electron chi connectivity index (χ0n) is 15.1. The van der Waals surface area contributed by atoms with E-state index >= 15 is 0 Å². The molecule has 0 spiro atoms. The quantitative estimate of drug-likeness (QED) is 0.665. The highest BCUT2D eigenvalue weighted by Crippen LogP contribution is 2.31. The molecule has 0 radical (unpaired) electrons. The van der Waals surface area contributed by atoms with Gasteiger partial charge in [-0.05, 0) is 29.9 Å². The number of hydrogen-bond acceptors (Lipinski definition) is 6. The molecule has 1 aliphatic heterocycles. The molecule has 0 saturated carbocycles. The Balaban J connectivity index is 1.49. The van der Waals surface area contributed by atoms with E-state index in [1.165, 1.54) is 6.33 Å². The number of benzene rings is 1. The van der Waals surface area contributed by atoms with Crippen molar-refractivity contribution < 1.29 is 14.7 Å². The van der Waals surface area contributed by atoms with E-state index in [-0.39, 0.29) is 18.5 Å². The van der Waals surface area contributed by atoms with Gasteiger partial charge in [0.2, 0.25) is 5.91 Å². The second kappa shape index (κ2) is 7.93. The summed E-state index contributed by atoms with van der Waals surface area (Å²) in [6, 6.07) is 10.6. The van der Waals surface area contributed by atoms with Crippen LogP contribution in [0.1, 0.15) is 24.3 Å². The molecule has 0 bridgehead atoms. The van der Waals surface area contributed by atoms with Crippen LogP contribution in [-0.4, -0.2) is 46.1 Å². The lowest BCUT2D eigenvalue weighted by Crippen LogP contribution is -2.45. The van der Waals surface area contributed by atoms with Crippen molar-refractivity contribution in [3.05, 3.63) is 53.7 Å². The zero-order valence-corrected chi connectivity index (χ0v) is 15.9. The van der Waals surface area contributed by atoms with E-state index in [4.69, 9.17) is 0 Å². The van der Waals surface area contributed by atoms with Crippen LogP contribution in [0, 0.1) is 0 Å². The third-order valence-electron chi connectivity index (χ3n) is 5.05. The summed E-state index contributed by atoms with van der Waals surface area (Å²) in [4.78, 5) is 36.1. The maximum atomic E-state index is 12.9. The highest BCUT2D eigenvalue weighted by atomic mass is 32.1. The molecule has 28 heavy (non-hydrogen) atoms. The molecule has 3 heterocycles. The summed E-state index contributed by atoms with van der Waals surface area (Å²) < 4.78 is 0. The summed E-state index contributed by atoms with van der Waals surface area (Å²) in [5.74, 6) is -1.13. The number of hydrogen-bond donors (Lipinski definition) is 2. The van der Waals surface area contributed by atoms with Crippen LogP contribution in [0.25, 0.3) is 10.2 Å². The van der Waals surface area contributed by atoms with Crippen molar-refractivity contribution >= 4 is 39.2 Å². The van der Waals surface area contributed by atoms with Crippen molar-refractivity contribution in [2.45, 2.75) is 24.8 Å². The average Bonchev–Trinajstić information content (AvgIpc) is 3.38. The molecule has 1 aromatic carbocycles. The number of fused-ring (bicyclic) bond motifs is 1. The lowest BCUT2D eigenvalue weighted by Gasteiger charge is -2.26. The Morgan fingerprint density at radius 1 is 1.25 bits per heavy atom. The highest BCUT2D eigenvalue weighted by Gasteiger charge is 2.33. The summed E-state index contributed by atoms with van der Waals surface area (Å²) >= 11 is 1.54.